The Morgan fingerprint density at radius 2 is 2.10 bits per heavy atom. The second-order valence-electron chi connectivity index (χ2n) is 4.83. The molecule has 0 aromatic carbocycles. The average Bonchev–Trinajstić information content (AvgIpc) is 2.46. The summed E-state index contributed by atoms with van der Waals surface area (Å²) in [5.41, 5.74) is 0. The smallest absolute Gasteiger partial charge is 0.321 e. The van der Waals surface area contributed by atoms with Gasteiger partial charge < -0.3 is 10.1 Å². The predicted octanol–water partition coefficient (Wildman–Crippen LogP) is 0.106. The molecule has 1 fully saturated rings. The van der Waals surface area contributed by atoms with E-state index in [1.807, 2.05) is 4.90 Å². The summed E-state index contributed by atoms with van der Waals surface area (Å²) < 4.78 is 5.02. The Kier molecular flexibility index (Phi) is 6.44. The van der Waals surface area contributed by atoms with E-state index in [0.717, 1.165) is 19.4 Å². The first-order valence-electron chi connectivity index (χ1n) is 6.92. The van der Waals surface area contributed by atoms with E-state index >= 15 is 0 Å². The van der Waals surface area contributed by atoms with Crippen LogP contribution < -0.4 is 10.6 Å². The van der Waals surface area contributed by atoms with Gasteiger partial charge in [-0.15, -0.1) is 0 Å². The lowest BCUT2D eigenvalue weighted by molar-refractivity contribution is -0.151. The fourth-order valence-electron chi connectivity index (χ4n) is 2.26. The summed E-state index contributed by atoms with van der Waals surface area (Å²) in [6.07, 6.45) is 1.61. The van der Waals surface area contributed by atoms with Gasteiger partial charge in [-0.25, -0.2) is 4.79 Å². The van der Waals surface area contributed by atoms with E-state index in [-0.39, 0.29) is 17.8 Å². The molecule has 2 N–H and O–H groups in total. The van der Waals surface area contributed by atoms with Crippen molar-refractivity contribution in [3.8, 4) is 0 Å². The molecule has 1 aliphatic heterocycles. The van der Waals surface area contributed by atoms with Gasteiger partial charge in [-0.05, 0) is 33.2 Å². The number of carbonyl (C=O) groups is 3. The predicted molar refractivity (Wildman–Crippen MR) is 73.0 cm³/mol. The third kappa shape index (κ3) is 4.48. The molecular weight excluding hydrogens is 262 g/mol. The average molecular weight is 285 g/mol. The zero-order chi connectivity index (χ0) is 15.1. The lowest BCUT2D eigenvalue weighted by Crippen LogP contribution is -2.52. The number of hydrogen-bond acceptors (Lipinski definition) is 5. The molecule has 1 aliphatic rings. The number of nitrogens with zero attached hydrogens (tertiary/aromatic N) is 1. The maximum absolute atomic E-state index is 11.9. The molecule has 0 aromatic rings. The topological polar surface area (TPSA) is 87.7 Å². The molecule has 0 aromatic heterocycles. The minimum Gasteiger partial charge on any atom is -0.466 e. The third-order valence-electron chi connectivity index (χ3n) is 3.46. The van der Waals surface area contributed by atoms with Gasteiger partial charge in [0.05, 0.1) is 18.6 Å². The Labute approximate surface area is 119 Å². The molecule has 1 rings (SSSR count). The summed E-state index contributed by atoms with van der Waals surface area (Å²) in [6, 6.07) is -0.981. The van der Waals surface area contributed by atoms with E-state index < -0.39 is 12.1 Å². The standard InChI is InChI=1S/C13H23N3O4/c1-4-20-12(18)10-6-5-7-16(8-10)9(2)11(17)15-13(19)14-3/h9-10H,4-8H2,1-3H3,(H2,14,15,17,19)/t9?,10-/m1/s1. The van der Waals surface area contributed by atoms with Gasteiger partial charge in [0.25, 0.3) is 0 Å². The molecule has 2 atom stereocenters. The molecule has 0 saturated carbocycles. The Bertz CT molecular complexity index is 373. The number of piperidine rings is 1. The minimum atomic E-state index is -0.527. The zero-order valence-corrected chi connectivity index (χ0v) is 12.3. The number of amides is 3. The number of esters is 1. The molecule has 0 aliphatic carbocycles. The number of carbonyl (C=O) groups excluding carboxylic acids is 3. The lowest BCUT2D eigenvalue weighted by Gasteiger charge is -2.34. The lowest BCUT2D eigenvalue weighted by atomic mass is 9.97. The highest BCUT2D eigenvalue weighted by Crippen LogP contribution is 2.19. The molecule has 114 valence electrons. The summed E-state index contributed by atoms with van der Waals surface area (Å²) >= 11 is 0. The summed E-state index contributed by atoms with van der Waals surface area (Å²) in [6.45, 7) is 5.09. The van der Waals surface area contributed by atoms with Crippen molar-refractivity contribution in [1.29, 1.82) is 0 Å². The molecule has 7 heteroatoms. The van der Waals surface area contributed by atoms with Crippen molar-refractivity contribution in [1.82, 2.24) is 15.5 Å². The maximum Gasteiger partial charge on any atom is 0.321 e. The number of urea groups is 1. The second kappa shape index (κ2) is 7.84. The van der Waals surface area contributed by atoms with Crippen molar-refractivity contribution in [2.75, 3.05) is 26.7 Å². The van der Waals surface area contributed by atoms with Gasteiger partial charge in [-0.1, -0.05) is 0 Å². The van der Waals surface area contributed by atoms with E-state index in [2.05, 4.69) is 10.6 Å². The molecule has 0 radical (unpaired) electrons. The van der Waals surface area contributed by atoms with Gasteiger partial charge >= 0.3 is 12.0 Å². The number of nitrogens with one attached hydrogen (secondary N) is 2. The van der Waals surface area contributed by atoms with Crippen LogP contribution in [0.3, 0.4) is 0 Å². The van der Waals surface area contributed by atoms with Crippen molar-refractivity contribution < 1.29 is 19.1 Å². The van der Waals surface area contributed by atoms with E-state index in [1.165, 1.54) is 7.05 Å². The van der Waals surface area contributed by atoms with E-state index in [0.29, 0.717) is 13.2 Å². The van der Waals surface area contributed by atoms with Crippen LogP contribution in [-0.4, -0.2) is 55.6 Å². The molecule has 1 heterocycles. The normalized spacial score (nSPS) is 20.9. The van der Waals surface area contributed by atoms with Crippen LogP contribution in [0.2, 0.25) is 0 Å². The number of ether oxygens (including phenoxy) is 1. The fourth-order valence-corrected chi connectivity index (χ4v) is 2.26. The monoisotopic (exact) mass is 285 g/mol. The summed E-state index contributed by atoms with van der Waals surface area (Å²) in [5.74, 6) is -0.774. The molecule has 1 unspecified atom stereocenters. The van der Waals surface area contributed by atoms with Crippen LogP contribution in [0.4, 0.5) is 4.79 Å². The Balaban J connectivity index is 2.55. The molecule has 20 heavy (non-hydrogen) atoms. The van der Waals surface area contributed by atoms with Gasteiger partial charge in [0.1, 0.15) is 0 Å². The van der Waals surface area contributed by atoms with E-state index in [9.17, 15) is 14.4 Å². The van der Waals surface area contributed by atoms with Gasteiger partial charge in [0.2, 0.25) is 5.91 Å². The van der Waals surface area contributed by atoms with Crippen LogP contribution in [0.25, 0.3) is 0 Å². The Morgan fingerprint density at radius 3 is 2.70 bits per heavy atom. The Morgan fingerprint density at radius 1 is 1.40 bits per heavy atom. The number of imide groups is 1. The van der Waals surface area contributed by atoms with Gasteiger partial charge in [0.15, 0.2) is 0 Å². The van der Waals surface area contributed by atoms with Gasteiger partial charge in [0, 0.05) is 13.6 Å². The minimum absolute atomic E-state index is 0.195. The fraction of sp³-hybridized carbons (Fsp3) is 0.769. The largest absolute Gasteiger partial charge is 0.466 e. The third-order valence-corrected chi connectivity index (χ3v) is 3.46. The quantitative estimate of drug-likeness (QED) is 0.716. The maximum atomic E-state index is 11.9. The van der Waals surface area contributed by atoms with Gasteiger partial charge in [-0.2, -0.15) is 0 Å². The summed E-state index contributed by atoms with van der Waals surface area (Å²) in [7, 11) is 1.45. The molecule has 1 saturated heterocycles. The molecule has 0 spiro atoms. The highest BCUT2D eigenvalue weighted by atomic mass is 16.5. The van der Waals surface area contributed by atoms with Crippen molar-refractivity contribution in [2.24, 2.45) is 5.92 Å². The zero-order valence-electron chi connectivity index (χ0n) is 12.3. The van der Waals surface area contributed by atoms with Crippen molar-refractivity contribution >= 4 is 17.9 Å². The first-order valence-corrected chi connectivity index (χ1v) is 6.92. The molecule has 3 amide bonds. The van der Waals surface area contributed by atoms with Crippen molar-refractivity contribution in [3.63, 3.8) is 0 Å². The van der Waals surface area contributed by atoms with Crippen molar-refractivity contribution in [3.05, 3.63) is 0 Å². The summed E-state index contributed by atoms with van der Waals surface area (Å²) in [5, 5.41) is 4.58. The second-order valence-corrected chi connectivity index (χ2v) is 4.83. The van der Waals surface area contributed by atoms with E-state index in [1.54, 1.807) is 13.8 Å². The number of likely N-dealkylation sites (tertiary alicyclic amines) is 1. The van der Waals surface area contributed by atoms with Gasteiger partial charge in [-0.3, -0.25) is 19.8 Å². The molecule has 0 bridgehead atoms. The van der Waals surface area contributed by atoms with Crippen LogP contribution in [0.5, 0.6) is 0 Å². The van der Waals surface area contributed by atoms with Crippen LogP contribution in [0, 0.1) is 5.92 Å². The van der Waals surface area contributed by atoms with Crippen LogP contribution in [-0.2, 0) is 14.3 Å². The highest BCUT2D eigenvalue weighted by molar-refractivity contribution is 5.96. The molecular formula is C13H23N3O4. The van der Waals surface area contributed by atoms with Crippen molar-refractivity contribution in [2.45, 2.75) is 32.7 Å². The van der Waals surface area contributed by atoms with Crippen LogP contribution >= 0.6 is 0 Å². The van der Waals surface area contributed by atoms with Crippen LogP contribution in [0.15, 0.2) is 0 Å². The highest BCUT2D eigenvalue weighted by Gasteiger charge is 2.31. The first-order chi connectivity index (χ1) is 9.49. The first kappa shape index (κ1) is 16.4. The SMILES string of the molecule is CCOC(=O)[C@@H]1CCCN(C(C)C(=O)NC(=O)NC)C1. The van der Waals surface area contributed by atoms with Crippen LogP contribution in [0.1, 0.15) is 26.7 Å². The molecule has 7 nitrogen and oxygen atoms in total. The number of rotatable bonds is 4. The Hall–Kier alpha value is -1.63. The van der Waals surface area contributed by atoms with E-state index in [4.69, 9.17) is 4.74 Å². The summed E-state index contributed by atoms with van der Waals surface area (Å²) in [4.78, 5) is 36.7. The number of hydrogen-bond donors (Lipinski definition) is 2.